The number of carbonyl (C=O) groups excluding carboxylic acids is 1. The number of nitrogens with zero attached hydrogens (tertiary/aromatic N) is 14. The molecule has 21 heteroatoms. The van der Waals surface area contributed by atoms with Crippen molar-refractivity contribution in [2.75, 3.05) is 88.4 Å². The fraction of sp³-hybridized carbons (Fsp3) is 0.727. The maximum absolute atomic E-state index is 13.2. The van der Waals surface area contributed by atoms with E-state index in [1.54, 1.807) is 0 Å². The van der Waals surface area contributed by atoms with Crippen molar-refractivity contribution in [1.82, 2.24) is 68.2 Å². The molecule has 109 heavy (non-hydrogen) atoms. The van der Waals surface area contributed by atoms with Crippen LogP contribution in [0.15, 0.2) is 49.3 Å². The predicted molar refractivity (Wildman–Crippen MR) is 440 cm³/mol. The maximum Gasteiger partial charge on any atom is 0.253 e. The molecule has 7 aromatic heterocycles. The Bertz CT molecular complexity index is 4010. The molecule has 0 bridgehead atoms. The molecule has 0 spiro atoms. The SMILES string of the molecule is CCC[C@H](C)Nc1ncc2c(C3CCN(CC4CCCCC4)CC3)cn(C3CCC(O)CC3)c2n1.CCC[C@H](C)Nc1ncc2c(C3CCN(CC4CCN(C)CC4)CC3)cn(C3CCC(O)CC3)c2n1.CC[C@H]1C[C@@H]1Nc1ncc2c(C3CCN(C(=O)c4cc(C)nc(C)c4)CC3)cn(C3CCC(O)CC3)c2n1. The van der Waals surface area contributed by atoms with E-state index in [-0.39, 0.29) is 24.2 Å². The second kappa shape index (κ2) is 37.1. The van der Waals surface area contributed by atoms with E-state index in [9.17, 15) is 20.1 Å². The van der Waals surface area contributed by atoms with Gasteiger partial charge in [0.15, 0.2) is 0 Å². The van der Waals surface area contributed by atoms with E-state index in [2.05, 4.69) is 122 Å². The van der Waals surface area contributed by atoms with Crippen molar-refractivity contribution >= 4 is 56.9 Å². The zero-order valence-electron chi connectivity index (χ0n) is 67.8. The van der Waals surface area contributed by atoms with Crippen LogP contribution < -0.4 is 16.0 Å². The van der Waals surface area contributed by atoms with Crippen LogP contribution in [0.5, 0.6) is 0 Å². The van der Waals surface area contributed by atoms with Crippen molar-refractivity contribution in [3.05, 3.63) is 83.0 Å². The summed E-state index contributed by atoms with van der Waals surface area (Å²) in [6, 6.07) is 6.21. The van der Waals surface area contributed by atoms with Gasteiger partial charge in [-0.25, -0.2) is 15.0 Å². The average molecular weight is 1500 g/mol. The molecular weight excluding hydrogens is 1360 g/mol. The van der Waals surface area contributed by atoms with Gasteiger partial charge in [0.25, 0.3) is 5.91 Å². The Morgan fingerprint density at radius 3 is 1.26 bits per heavy atom. The summed E-state index contributed by atoms with van der Waals surface area (Å²) in [5.41, 5.74) is 9.89. The number of aryl methyl sites for hydroxylation is 2. The highest BCUT2D eigenvalue weighted by Gasteiger charge is 2.38. The number of carbonyl (C=O) groups is 1. The van der Waals surface area contributed by atoms with Crippen LogP contribution in [-0.2, 0) is 0 Å². The minimum absolute atomic E-state index is 0.102. The number of hydrogen-bond donors (Lipinski definition) is 6. The summed E-state index contributed by atoms with van der Waals surface area (Å²) in [7, 11) is 2.25. The molecule has 0 radical (unpaired) electrons. The van der Waals surface area contributed by atoms with Crippen LogP contribution in [0.1, 0.15) is 308 Å². The average Bonchev–Trinajstić information content (AvgIpc) is 1.63. The molecule has 4 aliphatic heterocycles. The number of pyridine rings is 1. The highest BCUT2D eigenvalue weighted by Crippen LogP contribution is 2.44. The Morgan fingerprint density at radius 1 is 0.477 bits per heavy atom. The molecule has 7 aromatic rings. The van der Waals surface area contributed by atoms with Crippen molar-refractivity contribution in [3.63, 3.8) is 0 Å². The van der Waals surface area contributed by atoms with Gasteiger partial charge in [-0.15, -0.1) is 0 Å². The van der Waals surface area contributed by atoms with Gasteiger partial charge in [-0.1, -0.05) is 59.3 Å². The first kappa shape index (κ1) is 79.3. The molecule has 9 aliphatic rings. The van der Waals surface area contributed by atoms with Gasteiger partial charge in [0.1, 0.15) is 16.9 Å². The Hall–Kier alpha value is -6.36. The number of rotatable bonds is 22. The largest absolute Gasteiger partial charge is 0.393 e. The second-order valence-electron chi connectivity index (χ2n) is 35.6. The highest BCUT2D eigenvalue weighted by molar-refractivity contribution is 5.94. The fourth-order valence-corrected chi connectivity index (χ4v) is 20.4. The van der Waals surface area contributed by atoms with E-state index in [0.29, 0.717) is 54.0 Å². The number of hydrogen-bond acceptors (Lipinski definition) is 17. The summed E-state index contributed by atoms with van der Waals surface area (Å²) in [6.07, 6.45) is 47.8. The van der Waals surface area contributed by atoms with Gasteiger partial charge in [0.2, 0.25) is 17.8 Å². The van der Waals surface area contributed by atoms with Gasteiger partial charge in [-0.05, 0) is 299 Å². The van der Waals surface area contributed by atoms with E-state index in [1.807, 2.05) is 37.1 Å². The summed E-state index contributed by atoms with van der Waals surface area (Å²) >= 11 is 0. The molecule has 4 atom stereocenters. The summed E-state index contributed by atoms with van der Waals surface area (Å²) in [6.45, 7) is 26.4. The summed E-state index contributed by atoms with van der Waals surface area (Å²) in [4.78, 5) is 57.0. The number of piperidine rings is 4. The predicted octanol–water partition coefficient (Wildman–Crippen LogP) is 16.4. The number of nitrogens with one attached hydrogen (secondary N) is 3. The zero-order chi connectivity index (χ0) is 75.7. The molecule has 21 nitrogen and oxygen atoms in total. The van der Waals surface area contributed by atoms with E-state index < -0.39 is 0 Å². The summed E-state index contributed by atoms with van der Waals surface area (Å²) < 4.78 is 7.26. The number of aromatic nitrogens is 10. The van der Waals surface area contributed by atoms with E-state index >= 15 is 0 Å². The third-order valence-corrected chi connectivity index (χ3v) is 27.1. The highest BCUT2D eigenvalue weighted by atomic mass is 16.3. The van der Waals surface area contributed by atoms with Crippen LogP contribution in [0.4, 0.5) is 17.8 Å². The minimum atomic E-state index is -0.185. The van der Waals surface area contributed by atoms with Crippen LogP contribution in [0.2, 0.25) is 0 Å². The van der Waals surface area contributed by atoms with Crippen molar-refractivity contribution in [1.29, 1.82) is 0 Å². The first-order valence-electron chi connectivity index (χ1n) is 43.8. The van der Waals surface area contributed by atoms with Gasteiger partial charge in [-0.3, -0.25) is 9.78 Å². The van der Waals surface area contributed by atoms with Crippen molar-refractivity contribution in [2.45, 2.75) is 320 Å². The molecule has 9 fully saturated rings. The minimum Gasteiger partial charge on any atom is -0.393 e. The lowest BCUT2D eigenvalue weighted by atomic mass is 9.86. The molecule has 0 aromatic carbocycles. The molecule has 11 heterocycles. The molecule has 6 N–H and O–H groups in total. The van der Waals surface area contributed by atoms with Gasteiger partial charge < -0.3 is 64.6 Å². The number of amides is 1. The third-order valence-electron chi connectivity index (χ3n) is 27.1. The number of aliphatic hydroxyl groups is 3. The van der Waals surface area contributed by atoms with Crippen molar-refractivity contribution < 1.29 is 20.1 Å². The summed E-state index contributed by atoms with van der Waals surface area (Å²) in [5, 5.41) is 44.5. The number of likely N-dealkylation sites (tertiary alicyclic amines) is 4. The monoisotopic (exact) mass is 1490 g/mol. The van der Waals surface area contributed by atoms with Crippen molar-refractivity contribution in [3.8, 4) is 0 Å². The fourth-order valence-electron chi connectivity index (χ4n) is 20.4. The topological polar surface area (TPSA) is 232 Å². The lowest BCUT2D eigenvalue weighted by Gasteiger charge is -2.37. The Balaban J connectivity index is 0.000000137. The van der Waals surface area contributed by atoms with Crippen LogP contribution in [-0.4, -0.2) is 198 Å². The van der Waals surface area contributed by atoms with Gasteiger partial charge in [-0.2, -0.15) is 15.0 Å². The smallest absolute Gasteiger partial charge is 0.253 e. The normalized spacial score (nSPS) is 26.2. The Morgan fingerprint density at radius 2 is 0.862 bits per heavy atom. The van der Waals surface area contributed by atoms with Crippen molar-refractivity contribution in [2.24, 2.45) is 17.8 Å². The van der Waals surface area contributed by atoms with E-state index in [4.69, 9.17) is 29.9 Å². The second-order valence-corrected chi connectivity index (χ2v) is 35.6. The number of aliphatic hydroxyl groups excluding tert-OH is 3. The standard InChI is InChI=1S/C30H40N6O2.C29H48N6O.C29H47N5O/c1-4-20-15-27(20)33-30-31-16-25-26(17-36(28(25)34-30)23-5-7-24(37)8-6-23)21-9-11-35(12-10-21)29(38)22-13-18(2)32-19(3)14-22;1-4-5-21(2)31-29-30-18-26-27(20-35(28(26)32-29)24-6-8-25(36)9-7-24)23-12-16-34(17-13-23)19-22-10-14-33(3)15-11-22;1-3-7-21(2)31-29-30-18-26-27(20-34(28(26)32-29)24-10-12-25(35)13-11-24)23-14-16-33(17-15-23)19-22-8-5-4-6-9-22/h13-14,16-17,20-21,23-24,27,37H,4-12,15H2,1-3H3,(H,31,33,34);18,20-25,36H,4-17,19H2,1-3H3,(H,30,31,32);18,20-25,35H,3-17,19H2,1-2H3,(H,30,31,32)/t20-,23?,24?,27-;2*21-,24?,25?/m000/s1. The first-order valence-corrected chi connectivity index (χ1v) is 43.8. The molecule has 5 saturated carbocycles. The van der Waals surface area contributed by atoms with Crippen LogP contribution >= 0.6 is 0 Å². The number of anilines is 3. The summed E-state index contributed by atoms with van der Waals surface area (Å²) in [5.74, 6) is 6.40. The first-order chi connectivity index (χ1) is 53.0. The van der Waals surface area contributed by atoms with E-state index in [0.717, 1.165) is 204 Å². The lowest BCUT2D eigenvalue weighted by Crippen LogP contribution is -2.40. The number of fused-ring (bicyclic) bond motifs is 3. The molecule has 5 aliphatic carbocycles. The van der Waals surface area contributed by atoms with Gasteiger partial charge in [0, 0.05) is 133 Å². The van der Waals surface area contributed by atoms with Crippen LogP contribution in [0.25, 0.3) is 33.1 Å². The van der Waals surface area contributed by atoms with Gasteiger partial charge >= 0.3 is 0 Å². The molecule has 0 unspecified atom stereocenters. The maximum atomic E-state index is 13.2. The Labute approximate surface area is 650 Å². The van der Waals surface area contributed by atoms with Crippen LogP contribution in [0, 0.1) is 31.6 Å². The Kier molecular flexibility index (Phi) is 27.0. The lowest BCUT2D eigenvalue weighted by molar-refractivity contribution is 0.0712. The molecule has 1 amide bonds. The molecule has 4 saturated heterocycles. The molecule has 16 rings (SSSR count). The molecular formula is C88H135N17O4. The quantitative estimate of drug-likeness (QED) is 0.0370. The van der Waals surface area contributed by atoms with Gasteiger partial charge in [0.05, 0.1) is 18.3 Å². The molecule has 596 valence electrons. The third kappa shape index (κ3) is 20.0. The van der Waals surface area contributed by atoms with Crippen LogP contribution in [0.3, 0.4) is 0 Å². The zero-order valence-corrected chi connectivity index (χ0v) is 67.8. The van der Waals surface area contributed by atoms with E-state index in [1.165, 1.54) is 163 Å².